The Morgan fingerprint density at radius 1 is 0.917 bits per heavy atom. The van der Waals surface area contributed by atoms with E-state index in [1.54, 1.807) is 12.1 Å². The lowest BCUT2D eigenvalue weighted by Gasteiger charge is -2.25. The lowest BCUT2D eigenvalue weighted by Crippen LogP contribution is -2.30. The second-order valence-corrected chi connectivity index (χ2v) is 8.40. The van der Waals surface area contributed by atoms with Crippen molar-refractivity contribution >= 4 is 23.1 Å². The number of unbranched alkanes of at least 4 members (excludes halogenated alkanes) is 2. The molecular weight excluding hydrogens is 471 g/mol. The molecule has 3 aromatic carbocycles. The van der Waals surface area contributed by atoms with Crippen LogP contribution in [0.15, 0.2) is 72.3 Å². The number of halogens is 3. The molecule has 1 aliphatic heterocycles. The third kappa shape index (κ3) is 4.98. The van der Waals surface area contributed by atoms with Gasteiger partial charge in [-0.05, 0) is 60.5 Å². The molecule has 4 rings (SSSR count). The smallest absolute Gasteiger partial charge is 0.300 e. The zero-order valence-corrected chi connectivity index (χ0v) is 19.5. The third-order valence-corrected chi connectivity index (χ3v) is 5.94. The van der Waals surface area contributed by atoms with E-state index in [2.05, 4.69) is 6.92 Å². The first-order valence-electron chi connectivity index (χ1n) is 11.6. The number of aliphatic hydroxyl groups excluding tert-OH is 1. The summed E-state index contributed by atoms with van der Waals surface area (Å²) in [6.07, 6.45) is 2.99. The van der Waals surface area contributed by atoms with E-state index in [9.17, 15) is 27.9 Å². The molecule has 3 aromatic rings. The van der Waals surface area contributed by atoms with Crippen molar-refractivity contribution in [2.45, 2.75) is 32.2 Å². The lowest BCUT2D eigenvalue weighted by molar-refractivity contribution is -0.132. The van der Waals surface area contributed by atoms with Crippen molar-refractivity contribution in [3.8, 4) is 5.75 Å². The van der Waals surface area contributed by atoms with Crippen molar-refractivity contribution in [2.24, 2.45) is 0 Å². The predicted octanol–water partition coefficient (Wildman–Crippen LogP) is 6.30. The maximum absolute atomic E-state index is 14.7. The maximum atomic E-state index is 14.7. The van der Waals surface area contributed by atoms with E-state index in [0.29, 0.717) is 12.4 Å². The minimum atomic E-state index is -1.31. The molecule has 1 aliphatic rings. The summed E-state index contributed by atoms with van der Waals surface area (Å²) in [6, 6.07) is 12.4. The number of rotatable bonds is 8. The summed E-state index contributed by atoms with van der Waals surface area (Å²) in [5, 5.41) is 11.1. The van der Waals surface area contributed by atoms with Crippen molar-refractivity contribution in [2.75, 3.05) is 11.5 Å². The molecule has 8 heteroatoms. The molecule has 0 saturated carbocycles. The second kappa shape index (κ2) is 10.7. The highest BCUT2D eigenvalue weighted by Crippen LogP contribution is 2.43. The Bertz CT molecular complexity index is 1300. The molecule has 1 heterocycles. The number of ether oxygens (including phenoxy) is 1. The molecule has 0 spiro atoms. The molecule has 186 valence electrons. The number of anilines is 1. The third-order valence-electron chi connectivity index (χ3n) is 5.94. The number of carbonyl (C=O) groups excluding carboxylic acids is 2. The van der Waals surface area contributed by atoms with E-state index in [-0.39, 0.29) is 16.7 Å². The normalized spacial score (nSPS) is 17.0. The van der Waals surface area contributed by atoms with Crippen LogP contribution in [-0.2, 0) is 9.59 Å². The molecule has 0 bridgehead atoms. The minimum absolute atomic E-state index is 0.223. The van der Waals surface area contributed by atoms with Crippen LogP contribution in [0, 0.1) is 17.5 Å². The van der Waals surface area contributed by atoms with E-state index in [0.717, 1.165) is 54.5 Å². The number of hydrogen-bond acceptors (Lipinski definition) is 4. The minimum Gasteiger partial charge on any atom is -0.507 e. The van der Waals surface area contributed by atoms with Crippen LogP contribution in [-0.4, -0.2) is 23.4 Å². The van der Waals surface area contributed by atoms with Gasteiger partial charge in [-0.25, -0.2) is 13.2 Å². The zero-order chi connectivity index (χ0) is 25.8. The van der Waals surface area contributed by atoms with Crippen LogP contribution in [0.3, 0.4) is 0 Å². The number of amides is 1. The van der Waals surface area contributed by atoms with Gasteiger partial charge in [-0.3, -0.25) is 14.5 Å². The molecule has 0 aromatic heterocycles. The molecule has 1 saturated heterocycles. The molecular formula is C28H24F3NO4. The van der Waals surface area contributed by atoms with Gasteiger partial charge in [-0.1, -0.05) is 31.9 Å². The summed E-state index contributed by atoms with van der Waals surface area (Å²) < 4.78 is 48.0. The van der Waals surface area contributed by atoms with Crippen molar-refractivity contribution in [3.05, 3.63) is 101 Å². The van der Waals surface area contributed by atoms with Crippen LogP contribution in [0.2, 0.25) is 0 Å². The summed E-state index contributed by atoms with van der Waals surface area (Å²) in [5.74, 6) is -4.48. The Hall–Kier alpha value is -4.07. The first-order valence-corrected chi connectivity index (χ1v) is 11.6. The number of benzene rings is 3. The summed E-state index contributed by atoms with van der Waals surface area (Å²) in [7, 11) is 0. The number of nitrogens with zero attached hydrogens (tertiary/aromatic N) is 1. The number of carbonyl (C=O) groups is 2. The van der Waals surface area contributed by atoms with Crippen molar-refractivity contribution in [1.29, 1.82) is 0 Å². The summed E-state index contributed by atoms with van der Waals surface area (Å²) in [6.45, 7) is 2.62. The van der Waals surface area contributed by atoms with E-state index in [1.807, 2.05) is 0 Å². The Morgan fingerprint density at radius 2 is 1.58 bits per heavy atom. The van der Waals surface area contributed by atoms with Gasteiger partial charge in [-0.15, -0.1) is 0 Å². The summed E-state index contributed by atoms with van der Waals surface area (Å²) in [4.78, 5) is 26.9. The second-order valence-electron chi connectivity index (χ2n) is 8.40. The van der Waals surface area contributed by atoms with Gasteiger partial charge < -0.3 is 9.84 Å². The Kier molecular flexibility index (Phi) is 7.43. The van der Waals surface area contributed by atoms with Crippen LogP contribution in [0.4, 0.5) is 18.9 Å². The Labute approximate surface area is 206 Å². The van der Waals surface area contributed by atoms with Gasteiger partial charge in [0.25, 0.3) is 11.7 Å². The first-order chi connectivity index (χ1) is 17.3. The molecule has 1 atom stereocenters. The molecule has 1 fully saturated rings. The van der Waals surface area contributed by atoms with E-state index in [4.69, 9.17) is 4.74 Å². The fourth-order valence-corrected chi connectivity index (χ4v) is 4.12. The van der Waals surface area contributed by atoms with E-state index < -0.39 is 46.6 Å². The molecule has 1 unspecified atom stereocenters. The standard InChI is InChI=1S/C28H24F3NO4/c1-2-3-4-15-36-21-12-7-18(8-13-21)26(33)24-25(17-5-9-19(29)10-6-17)32(28(35)27(24)34)23-16-20(30)11-14-22(23)31/h5-14,16,25,33H,2-4,15H2,1H3/b26-24+. The van der Waals surface area contributed by atoms with E-state index in [1.165, 1.54) is 24.3 Å². The lowest BCUT2D eigenvalue weighted by atomic mass is 9.95. The number of ketones is 1. The van der Waals surface area contributed by atoms with Gasteiger partial charge in [0.1, 0.15) is 29.0 Å². The van der Waals surface area contributed by atoms with Gasteiger partial charge in [-0.2, -0.15) is 0 Å². The molecule has 36 heavy (non-hydrogen) atoms. The van der Waals surface area contributed by atoms with Crippen molar-refractivity contribution in [3.63, 3.8) is 0 Å². The Balaban J connectivity index is 1.78. The maximum Gasteiger partial charge on any atom is 0.300 e. The zero-order valence-electron chi connectivity index (χ0n) is 19.5. The van der Waals surface area contributed by atoms with Crippen LogP contribution in [0.1, 0.15) is 43.4 Å². The van der Waals surface area contributed by atoms with Gasteiger partial charge in [0.15, 0.2) is 0 Å². The summed E-state index contributed by atoms with van der Waals surface area (Å²) >= 11 is 0. The quantitative estimate of drug-likeness (QED) is 0.172. The van der Waals surface area contributed by atoms with E-state index >= 15 is 0 Å². The average Bonchev–Trinajstić information content (AvgIpc) is 3.14. The van der Waals surface area contributed by atoms with Crippen LogP contribution < -0.4 is 9.64 Å². The van der Waals surface area contributed by atoms with Gasteiger partial charge in [0.2, 0.25) is 0 Å². The predicted molar refractivity (Wildman–Crippen MR) is 129 cm³/mol. The van der Waals surface area contributed by atoms with Crippen LogP contribution >= 0.6 is 0 Å². The number of hydrogen-bond donors (Lipinski definition) is 1. The molecule has 1 amide bonds. The topological polar surface area (TPSA) is 66.8 Å². The largest absolute Gasteiger partial charge is 0.507 e. The van der Waals surface area contributed by atoms with Gasteiger partial charge >= 0.3 is 0 Å². The summed E-state index contributed by atoms with van der Waals surface area (Å²) in [5.41, 5.74) is -0.342. The molecule has 0 radical (unpaired) electrons. The number of aliphatic hydroxyl groups is 1. The van der Waals surface area contributed by atoms with Gasteiger partial charge in [0.05, 0.1) is 23.9 Å². The van der Waals surface area contributed by atoms with Crippen molar-refractivity contribution < 1.29 is 32.6 Å². The fourth-order valence-electron chi connectivity index (χ4n) is 4.12. The highest BCUT2D eigenvalue weighted by molar-refractivity contribution is 6.51. The monoisotopic (exact) mass is 495 g/mol. The fraction of sp³-hybridized carbons (Fsp3) is 0.214. The average molecular weight is 495 g/mol. The van der Waals surface area contributed by atoms with Gasteiger partial charge in [0, 0.05) is 11.6 Å². The van der Waals surface area contributed by atoms with Crippen molar-refractivity contribution in [1.82, 2.24) is 0 Å². The molecule has 0 aliphatic carbocycles. The SMILES string of the molecule is CCCCCOc1ccc(/C(O)=C2\C(=O)C(=O)N(c3cc(F)ccc3F)C2c2ccc(F)cc2)cc1. The highest BCUT2D eigenvalue weighted by Gasteiger charge is 2.47. The number of Topliss-reactive ketones (excluding diaryl/α,β-unsaturated/α-hetero) is 1. The Morgan fingerprint density at radius 3 is 2.25 bits per heavy atom. The van der Waals surface area contributed by atoms with Crippen LogP contribution in [0.25, 0.3) is 5.76 Å². The van der Waals surface area contributed by atoms with Crippen LogP contribution in [0.5, 0.6) is 5.75 Å². The molecule has 1 N–H and O–H groups in total. The highest BCUT2D eigenvalue weighted by atomic mass is 19.1. The molecule has 5 nitrogen and oxygen atoms in total. The first kappa shape index (κ1) is 25.0.